The number of fused-ring (bicyclic) bond motifs is 1. The predicted molar refractivity (Wildman–Crippen MR) is 47.6 cm³/mol. The third-order valence-electron chi connectivity index (χ3n) is 2.29. The molecule has 0 bridgehead atoms. The molecular formula is C10H13NO. The molecule has 0 fully saturated rings. The van der Waals surface area contributed by atoms with Gasteiger partial charge in [0, 0.05) is 12.6 Å². The SMILES string of the molecule is NC1CCOCc2ccccc21. The molecule has 0 radical (unpaired) electrons. The zero-order chi connectivity index (χ0) is 8.39. The van der Waals surface area contributed by atoms with Gasteiger partial charge in [0.15, 0.2) is 0 Å². The summed E-state index contributed by atoms with van der Waals surface area (Å²) in [5, 5.41) is 0. The standard InChI is InChI=1S/C10H13NO/c11-10-5-6-12-7-8-3-1-2-4-9(8)10/h1-4,10H,5-7,11H2. The smallest absolute Gasteiger partial charge is 0.0720 e. The molecule has 0 aromatic heterocycles. The molecule has 1 unspecified atom stereocenters. The Balaban J connectivity index is 2.39. The summed E-state index contributed by atoms with van der Waals surface area (Å²) in [4.78, 5) is 0. The monoisotopic (exact) mass is 163 g/mol. The summed E-state index contributed by atoms with van der Waals surface area (Å²) in [7, 11) is 0. The first-order valence-electron chi connectivity index (χ1n) is 4.29. The van der Waals surface area contributed by atoms with Crippen molar-refractivity contribution in [1.29, 1.82) is 0 Å². The highest BCUT2D eigenvalue weighted by Gasteiger charge is 2.13. The van der Waals surface area contributed by atoms with Crippen LogP contribution in [-0.4, -0.2) is 6.61 Å². The van der Waals surface area contributed by atoms with Crippen molar-refractivity contribution in [3.63, 3.8) is 0 Å². The minimum Gasteiger partial charge on any atom is -0.377 e. The quantitative estimate of drug-likeness (QED) is 0.630. The maximum absolute atomic E-state index is 5.97. The summed E-state index contributed by atoms with van der Waals surface area (Å²) in [6.07, 6.45) is 0.928. The summed E-state index contributed by atoms with van der Waals surface area (Å²) >= 11 is 0. The number of hydrogen-bond donors (Lipinski definition) is 1. The lowest BCUT2D eigenvalue weighted by Gasteiger charge is -2.09. The van der Waals surface area contributed by atoms with Crippen LogP contribution < -0.4 is 5.73 Å². The van der Waals surface area contributed by atoms with Crippen LogP contribution in [0.5, 0.6) is 0 Å². The average Bonchev–Trinajstić information content (AvgIpc) is 2.29. The van der Waals surface area contributed by atoms with Crippen molar-refractivity contribution < 1.29 is 4.74 Å². The average molecular weight is 163 g/mol. The highest BCUT2D eigenvalue weighted by atomic mass is 16.5. The van der Waals surface area contributed by atoms with Gasteiger partial charge in [0.05, 0.1) is 6.61 Å². The van der Waals surface area contributed by atoms with Gasteiger partial charge >= 0.3 is 0 Å². The van der Waals surface area contributed by atoms with E-state index in [1.165, 1.54) is 11.1 Å². The molecule has 2 heteroatoms. The van der Waals surface area contributed by atoms with Crippen molar-refractivity contribution in [3.05, 3.63) is 35.4 Å². The number of rotatable bonds is 0. The van der Waals surface area contributed by atoms with Gasteiger partial charge in [0.2, 0.25) is 0 Å². The molecule has 12 heavy (non-hydrogen) atoms. The van der Waals surface area contributed by atoms with Crippen LogP contribution in [0.15, 0.2) is 24.3 Å². The molecule has 0 saturated heterocycles. The molecule has 0 spiro atoms. The molecule has 64 valence electrons. The van der Waals surface area contributed by atoms with Crippen molar-refractivity contribution in [2.75, 3.05) is 6.61 Å². The van der Waals surface area contributed by atoms with Crippen LogP contribution >= 0.6 is 0 Å². The molecule has 2 N–H and O–H groups in total. The van der Waals surface area contributed by atoms with E-state index in [0.717, 1.165) is 13.0 Å². The molecular weight excluding hydrogens is 150 g/mol. The van der Waals surface area contributed by atoms with Crippen LogP contribution in [0, 0.1) is 0 Å². The molecule has 2 rings (SSSR count). The molecule has 0 amide bonds. The lowest BCUT2D eigenvalue weighted by molar-refractivity contribution is 0.122. The lowest BCUT2D eigenvalue weighted by atomic mass is 10.0. The molecule has 2 nitrogen and oxygen atoms in total. The third-order valence-corrected chi connectivity index (χ3v) is 2.29. The first kappa shape index (κ1) is 7.77. The summed E-state index contributed by atoms with van der Waals surface area (Å²) in [6.45, 7) is 1.49. The molecule has 1 aromatic rings. The van der Waals surface area contributed by atoms with Crippen LogP contribution in [0.3, 0.4) is 0 Å². The van der Waals surface area contributed by atoms with Crippen LogP contribution in [0.2, 0.25) is 0 Å². The largest absolute Gasteiger partial charge is 0.377 e. The van der Waals surface area contributed by atoms with E-state index < -0.39 is 0 Å². The lowest BCUT2D eigenvalue weighted by Crippen LogP contribution is -2.11. The second-order valence-electron chi connectivity index (χ2n) is 3.15. The van der Waals surface area contributed by atoms with Gasteiger partial charge in [0.1, 0.15) is 0 Å². The Morgan fingerprint density at radius 3 is 3.08 bits per heavy atom. The molecule has 1 aromatic carbocycles. The minimum absolute atomic E-state index is 0.156. The van der Waals surface area contributed by atoms with Gasteiger partial charge in [-0.3, -0.25) is 0 Å². The Kier molecular flexibility index (Phi) is 2.11. The Bertz CT molecular complexity index is 272. The summed E-state index contributed by atoms with van der Waals surface area (Å²) in [5.41, 5.74) is 8.45. The molecule has 1 atom stereocenters. The van der Waals surface area contributed by atoms with Crippen LogP contribution in [0.4, 0.5) is 0 Å². The maximum atomic E-state index is 5.97. The zero-order valence-electron chi connectivity index (χ0n) is 6.99. The summed E-state index contributed by atoms with van der Waals surface area (Å²) in [5.74, 6) is 0. The van der Waals surface area contributed by atoms with Crippen molar-refractivity contribution in [1.82, 2.24) is 0 Å². The summed E-state index contributed by atoms with van der Waals surface area (Å²) < 4.78 is 5.41. The van der Waals surface area contributed by atoms with Gasteiger partial charge in [-0.1, -0.05) is 24.3 Å². The molecule has 0 saturated carbocycles. The van der Waals surface area contributed by atoms with Gasteiger partial charge in [-0.15, -0.1) is 0 Å². The van der Waals surface area contributed by atoms with E-state index in [2.05, 4.69) is 12.1 Å². The second kappa shape index (κ2) is 3.25. The maximum Gasteiger partial charge on any atom is 0.0720 e. The number of nitrogens with two attached hydrogens (primary N) is 1. The van der Waals surface area contributed by atoms with Gasteiger partial charge in [-0.05, 0) is 17.5 Å². The minimum atomic E-state index is 0.156. The molecule has 1 aliphatic rings. The Labute approximate surface area is 72.3 Å². The first-order chi connectivity index (χ1) is 5.88. The van der Waals surface area contributed by atoms with Gasteiger partial charge in [0.25, 0.3) is 0 Å². The first-order valence-corrected chi connectivity index (χ1v) is 4.29. The zero-order valence-corrected chi connectivity index (χ0v) is 6.99. The van der Waals surface area contributed by atoms with Gasteiger partial charge in [-0.2, -0.15) is 0 Å². The van der Waals surface area contributed by atoms with E-state index >= 15 is 0 Å². The molecule has 1 aliphatic heterocycles. The highest BCUT2D eigenvalue weighted by Crippen LogP contribution is 2.22. The van der Waals surface area contributed by atoms with Crippen molar-refractivity contribution in [2.24, 2.45) is 5.73 Å². The Hall–Kier alpha value is -0.860. The van der Waals surface area contributed by atoms with E-state index in [1.807, 2.05) is 12.1 Å². The van der Waals surface area contributed by atoms with Crippen LogP contribution in [0.25, 0.3) is 0 Å². The van der Waals surface area contributed by atoms with Crippen molar-refractivity contribution in [3.8, 4) is 0 Å². The third kappa shape index (κ3) is 1.36. The number of hydrogen-bond acceptors (Lipinski definition) is 2. The molecule has 1 heterocycles. The fourth-order valence-corrected chi connectivity index (χ4v) is 1.58. The van der Waals surface area contributed by atoms with Crippen molar-refractivity contribution in [2.45, 2.75) is 19.1 Å². The normalized spacial score (nSPS) is 22.9. The van der Waals surface area contributed by atoms with E-state index in [0.29, 0.717) is 6.61 Å². The Morgan fingerprint density at radius 2 is 2.17 bits per heavy atom. The van der Waals surface area contributed by atoms with E-state index in [-0.39, 0.29) is 6.04 Å². The van der Waals surface area contributed by atoms with E-state index in [1.54, 1.807) is 0 Å². The number of ether oxygens (including phenoxy) is 1. The van der Waals surface area contributed by atoms with E-state index in [4.69, 9.17) is 10.5 Å². The predicted octanol–water partition coefficient (Wildman–Crippen LogP) is 1.61. The van der Waals surface area contributed by atoms with Crippen molar-refractivity contribution >= 4 is 0 Å². The summed E-state index contributed by atoms with van der Waals surface area (Å²) in [6, 6.07) is 8.39. The van der Waals surface area contributed by atoms with E-state index in [9.17, 15) is 0 Å². The fraction of sp³-hybridized carbons (Fsp3) is 0.400. The van der Waals surface area contributed by atoms with Crippen LogP contribution in [0.1, 0.15) is 23.6 Å². The number of benzene rings is 1. The topological polar surface area (TPSA) is 35.2 Å². The Morgan fingerprint density at radius 1 is 1.33 bits per heavy atom. The van der Waals surface area contributed by atoms with Gasteiger partial charge in [-0.25, -0.2) is 0 Å². The highest BCUT2D eigenvalue weighted by molar-refractivity contribution is 5.29. The van der Waals surface area contributed by atoms with Crippen LogP contribution in [-0.2, 0) is 11.3 Å². The second-order valence-corrected chi connectivity index (χ2v) is 3.15. The fourth-order valence-electron chi connectivity index (χ4n) is 1.58. The van der Waals surface area contributed by atoms with Gasteiger partial charge < -0.3 is 10.5 Å². The molecule has 0 aliphatic carbocycles.